The number of carboxylic acids is 1. The van der Waals surface area contributed by atoms with Crippen LogP contribution in [0.15, 0.2) is 4.52 Å². The molecule has 1 saturated carbocycles. The van der Waals surface area contributed by atoms with E-state index in [4.69, 9.17) is 14.4 Å². The zero-order valence-electron chi connectivity index (χ0n) is 10.8. The molecule has 8 heteroatoms. The molecular formula is C12H16F2N2O4. The smallest absolute Gasteiger partial charge is 0.307 e. The van der Waals surface area contributed by atoms with E-state index in [0.717, 1.165) is 6.42 Å². The molecule has 2 rings (SSSR count). The molecule has 1 aliphatic rings. The maximum absolute atomic E-state index is 11.9. The van der Waals surface area contributed by atoms with Crippen molar-refractivity contribution in [2.45, 2.75) is 38.0 Å². The average molecular weight is 290 g/mol. The van der Waals surface area contributed by atoms with Crippen LogP contribution >= 0.6 is 0 Å². The molecule has 2 atom stereocenters. The van der Waals surface area contributed by atoms with E-state index in [1.807, 2.05) is 0 Å². The molecule has 1 fully saturated rings. The highest BCUT2D eigenvalue weighted by Crippen LogP contribution is 2.38. The number of carboxylic acid groups (broad SMARTS) is 1. The van der Waals surface area contributed by atoms with Gasteiger partial charge >= 0.3 is 5.97 Å². The average Bonchev–Trinajstić information content (AvgIpc) is 3.02. The fourth-order valence-corrected chi connectivity index (χ4v) is 2.41. The first-order valence-electron chi connectivity index (χ1n) is 6.49. The minimum atomic E-state index is -2.49. The van der Waals surface area contributed by atoms with E-state index in [2.05, 4.69) is 10.1 Å². The number of hydrogen-bond donors (Lipinski definition) is 1. The second-order valence-electron chi connectivity index (χ2n) is 4.75. The van der Waals surface area contributed by atoms with Gasteiger partial charge < -0.3 is 14.4 Å². The molecule has 1 aromatic heterocycles. The Kier molecular flexibility index (Phi) is 4.99. The van der Waals surface area contributed by atoms with E-state index in [9.17, 15) is 13.6 Å². The molecule has 20 heavy (non-hydrogen) atoms. The fraction of sp³-hybridized carbons (Fsp3) is 0.750. The molecule has 0 aromatic carbocycles. The molecule has 0 amide bonds. The van der Waals surface area contributed by atoms with Crippen molar-refractivity contribution in [1.82, 2.24) is 10.1 Å². The Hall–Kier alpha value is -1.57. The number of alkyl halides is 2. The lowest BCUT2D eigenvalue weighted by Crippen LogP contribution is -2.17. The lowest BCUT2D eigenvalue weighted by atomic mass is 9.96. The predicted molar refractivity (Wildman–Crippen MR) is 62.5 cm³/mol. The largest absolute Gasteiger partial charge is 0.481 e. The molecule has 1 aliphatic carbocycles. The Balaban J connectivity index is 1.87. The van der Waals surface area contributed by atoms with Gasteiger partial charge in [0.05, 0.1) is 18.4 Å². The molecule has 1 N–H and O–H groups in total. The molecular weight excluding hydrogens is 274 g/mol. The van der Waals surface area contributed by atoms with Crippen LogP contribution in [0.25, 0.3) is 0 Å². The number of aliphatic carboxylic acids is 1. The quantitative estimate of drug-likeness (QED) is 0.771. The Morgan fingerprint density at radius 3 is 3.00 bits per heavy atom. The lowest BCUT2D eigenvalue weighted by Gasteiger charge is -2.10. The summed E-state index contributed by atoms with van der Waals surface area (Å²) in [5, 5.41) is 12.8. The molecule has 0 bridgehead atoms. The van der Waals surface area contributed by atoms with Crippen molar-refractivity contribution in [3.8, 4) is 0 Å². The summed E-state index contributed by atoms with van der Waals surface area (Å²) in [6, 6.07) is 0. The highest BCUT2D eigenvalue weighted by atomic mass is 19.3. The summed E-state index contributed by atoms with van der Waals surface area (Å²) in [5.41, 5.74) is 0. The molecule has 112 valence electrons. The molecule has 2 unspecified atom stereocenters. The number of nitrogens with zero attached hydrogens (tertiary/aromatic N) is 2. The van der Waals surface area contributed by atoms with Gasteiger partial charge in [-0.25, -0.2) is 8.78 Å². The Morgan fingerprint density at radius 2 is 2.30 bits per heavy atom. The number of hydrogen-bond acceptors (Lipinski definition) is 5. The SMILES string of the molecule is O=C(O)C1CCCC1c1nc(CCOCC(F)F)no1. The van der Waals surface area contributed by atoms with Gasteiger partial charge in [0.25, 0.3) is 6.43 Å². The third-order valence-corrected chi connectivity index (χ3v) is 3.35. The van der Waals surface area contributed by atoms with Gasteiger partial charge in [-0.2, -0.15) is 4.98 Å². The van der Waals surface area contributed by atoms with Gasteiger partial charge in [0.15, 0.2) is 5.82 Å². The molecule has 6 nitrogen and oxygen atoms in total. The van der Waals surface area contributed by atoms with Crippen molar-refractivity contribution in [2.75, 3.05) is 13.2 Å². The summed E-state index contributed by atoms with van der Waals surface area (Å²) in [4.78, 5) is 15.2. The van der Waals surface area contributed by atoms with Crippen LogP contribution in [0.3, 0.4) is 0 Å². The summed E-state index contributed by atoms with van der Waals surface area (Å²) in [5.74, 6) is -0.925. The lowest BCUT2D eigenvalue weighted by molar-refractivity contribution is -0.142. The van der Waals surface area contributed by atoms with Crippen LogP contribution in [0.5, 0.6) is 0 Å². The van der Waals surface area contributed by atoms with Gasteiger partial charge in [-0.15, -0.1) is 0 Å². The minimum absolute atomic E-state index is 0.0797. The molecule has 0 radical (unpaired) electrons. The van der Waals surface area contributed by atoms with E-state index >= 15 is 0 Å². The number of rotatable bonds is 7. The van der Waals surface area contributed by atoms with Gasteiger partial charge in [0.1, 0.15) is 6.61 Å². The summed E-state index contributed by atoms with van der Waals surface area (Å²) >= 11 is 0. The topological polar surface area (TPSA) is 85.5 Å². The zero-order chi connectivity index (χ0) is 14.5. The number of halogens is 2. The normalized spacial score (nSPS) is 22.6. The maximum Gasteiger partial charge on any atom is 0.307 e. The van der Waals surface area contributed by atoms with E-state index in [1.54, 1.807) is 0 Å². The van der Waals surface area contributed by atoms with E-state index in [0.29, 0.717) is 24.6 Å². The van der Waals surface area contributed by atoms with Gasteiger partial charge in [-0.1, -0.05) is 11.6 Å². The van der Waals surface area contributed by atoms with Crippen molar-refractivity contribution in [3.05, 3.63) is 11.7 Å². The summed E-state index contributed by atoms with van der Waals surface area (Å²) < 4.78 is 33.5. The highest BCUT2D eigenvalue weighted by Gasteiger charge is 2.37. The summed E-state index contributed by atoms with van der Waals surface area (Å²) in [6.45, 7) is -0.537. The molecule has 0 aliphatic heterocycles. The van der Waals surface area contributed by atoms with Crippen LogP contribution in [0.2, 0.25) is 0 Å². The van der Waals surface area contributed by atoms with Gasteiger partial charge in [0, 0.05) is 6.42 Å². The third kappa shape index (κ3) is 3.72. The van der Waals surface area contributed by atoms with Crippen LogP contribution in [0.1, 0.15) is 36.9 Å². The molecule has 1 aromatic rings. The second-order valence-corrected chi connectivity index (χ2v) is 4.75. The van der Waals surface area contributed by atoms with Crippen molar-refractivity contribution in [3.63, 3.8) is 0 Å². The van der Waals surface area contributed by atoms with Crippen LogP contribution in [0, 0.1) is 5.92 Å². The Bertz CT molecular complexity index is 452. The number of carbonyl (C=O) groups is 1. The standard InChI is InChI=1S/C12H16F2N2O4/c13-9(14)6-19-5-4-10-15-11(20-16-10)7-2-1-3-8(7)12(17)18/h7-9H,1-6H2,(H,17,18). The zero-order valence-corrected chi connectivity index (χ0v) is 10.8. The number of aromatic nitrogens is 2. The summed E-state index contributed by atoms with van der Waals surface area (Å²) in [7, 11) is 0. The Morgan fingerprint density at radius 1 is 1.50 bits per heavy atom. The molecule has 0 saturated heterocycles. The van der Waals surface area contributed by atoms with E-state index in [-0.39, 0.29) is 18.9 Å². The second kappa shape index (κ2) is 6.74. The highest BCUT2D eigenvalue weighted by molar-refractivity contribution is 5.71. The number of ether oxygens (including phenoxy) is 1. The first-order chi connectivity index (χ1) is 9.58. The predicted octanol–water partition coefficient (Wildman–Crippen LogP) is 1.86. The van der Waals surface area contributed by atoms with Crippen LogP contribution < -0.4 is 0 Å². The van der Waals surface area contributed by atoms with E-state index < -0.39 is 24.9 Å². The van der Waals surface area contributed by atoms with Crippen LogP contribution in [-0.4, -0.2) is 40.9 Å². The van der Waals surface area contributed by atoms with Crippen LogP contribution in [-0.2, 0) is 16.0 Å². The third-order valence-electron chi connectivity index (χ3n) is 3.35. The fourth-order valence-electron chi connectivity index (χ4n) is 2.41. The van der Waals surface area contributed by atoms with Gasteiger partial charge in [-0.3, -0.25) is 4.79 Å². The van der Waals surface area contributed by atoms with Crippen molar-refractivity contribution in [1.29, 1.82) is 0 Å². The molecule has 1 heterocycles. The first kappa shape index (κ1) is 14.8. The molecule has 0 spiro atoms. The van der Waals surface area contributed by atoms with E-state index in [1.165, 1.54) is 0 Å². The summed E-state index contributed by atoms with van der Waals surface area (Å²) in [6.07, 6.45) is -0.0987. The monoisotopic (exact) mass is 290 g/mol. The van der Waals surface area contributed by atoms with Crippen molar-refractivity contribution in [2.24, 2.45) is 5.92 Å². The van der Waals surface area contributed by atoms with Crippen molar-refractivity contribution >= 4 is 5.97 Å². The van der Waals surface area contributed by atoms with Crippen molar-refractivity contribution < 1.29 is 27.9 Å². The first-order valence-corrected chi connectivity index (χ1v) is 6.49. The van der Waals surface area contributed by atoms with Crippen LogP contribution in [0.4, 0.5) is 8.78 Å². The Labute approximate surface area is 114 Å². The minimum Gasteiger partial charge on any atom is -0.481 e. The van der Waals surface area contributed by atoms with Gasteiger partial charge in [0.2, 0.25) is 5.89 Å². The van der Waals surface area contributed by atoms with Gasteiger partial charge in [-0.05, 0) is 12.8 Å². The maximum atomic E-state index is 11.9.